The van der Waals surface area contributed by atoms with E-state index in [2.05, 4.69) is 10.6 Å². The van der Waals surface area contributed by atoms with Crippen LogP contribution in [0.4, 0.5) is 5.69 Å². The minimum atomic E-state index is -0.0740. The molecule has 2 amide bonds. The van der Waals surface area contributed by atoms with E-state index in [9.17, 15) is 9.59 Å². The van der Waals surface area contributed by atoms with Crippen molar-refractivity contribution in [3.8, 4) is 0 Å². The molecular formula is C16H23N3O2S. The summed E-state index contributed by atoms with van der Waals surface area (Å²) < 4.78 is 0. The average Bonchev–Trinajstić information content (AvgIpc) is 2.56. The molecule has 0 saturated carbocycles. The number of para-hydroxylation sites is 1. The molecule has 1 atom stereocenters. The molecule has 0 bridgehead atoms. The van der Waals surface area contributed by atoms with Crippen molar-refractivity contribution in [2.24, 2.45) is 0 Å². The van der Waals surface area contributed by atoms with Crippen molar-refractivity contribution in [3.63, 3.8) is 0 Å². The highest BCUT2D eigenvalue weighted by Gasteiger charge is 2.22. The van der Waals surface area contributed by atoms with E-state index in [1.165, 1.54) is 0 Å². The number of thioether (sulfide) groups is 1. The van der Waals surface area contributed by atoms with E-state index in [4.69, 9.17) is 0 Å². The lowest BCUT2D eigenvalue weighted by Crippen LogP contribution is -2.38. The second-order valence-corrected chi connectivity index (χ2v) is 6.49. The molecule has 0 radical (unpaired) electrons. The number of nitrogens with zero attached hydrogens (tertiary/aromatic N) is 1. The zero-order valence-corrected chi connectivity index (χ0v) is 13.9. The Morgan fingerprint density at radius 1 is 1.32 bits per heavy atom. The Morgan fingerprint density at radius 2 is 2.09 bits per heavy atom. The van der Waals surface area contributed by atoms with Crippen molar-refractivity contribution in [3.05, 3.63) is 24.3 Å². The number of carbonyl (C=O) groups excluding carboxylic acids is 2. The van der Waals surface area contributed by atoms with Gasteiger partial charge < -0.3 is 15.5 Å². The number of rotatable bonds is 6. The standard InChI is InChI=1S/C16H23N3O2S/c1-12(17-2)11-18-15(20)7-8-16(21)19-9-10-22-14-6-4-3-5-13(14)19/h3-6,12,17H,7-11H2,1-2H3,(H,18,20). The fourth-order valence-electron chi connectivity index (χ4n) is 2.24. The van der Waals surface area contributed by atoms with Gasteiger partial charge in [0.05, 0.1) is 5.69 Å². The number of amides is 2. The first kappa shape index (κ1) is 16.8. The molecule has 2 N–H and O–H groups in total. The van der Waals surface area contributed by atoms with Gasteiger partial charge in [0.1, 0.15) is 0 Å². The number of carbonyl (C=O) groups is 2. The summed E-state index contributed by atoms with van der Waals surface area (Å²) in [6, 6.07) is 8.15. The topological polar surface area (TPSA) is 61.4 Å². The van der Waals surface area contributed by atoms with Crippen LogP contribution in [0.25, 0.3) is 0 Å². The molecule has 0 saturated heterocycles. The van der Waals surface area contributed by atoms with E-state index in [1.54, 1.807) is 16.7 Å². The highest BCUT2D eigenvalue weighted by atomic mass is 32.2. The Hall–Kier alpha value is -1.53. The number of hydrogen-bond acceptors (Lipinski definition) is 4. The second kappa shape index (κ2) is 8.19. The minimum Gasteiger partial charge on any atom is -0.355 e. The highest BCUT2D eigenvalue weighted by molar-refractivity contribution is 7.99. The van der Waals surface area contributed by atoms with Crippen LogP contribution in [0, 0.1) is 0 Å². The molecule has 1 aliphatic heterocycles. The van der Waals surface area contributed by atoms with Gasteiger partial charge in [-0.1, -0.05) is 12.1 Å². The van der Waals surface area contributed by atoms with Gasteiger partial charge in [0.25, 0.3) is 0 Å². The lowest BCUT2D eigenvalue weighted by molar-refractivity contribution is -0.125. The molecular weight excluding hydrogens is 298 g/mol. The number of benzene rings is 1. The summed E-state index contributed by atoms with van der Waals surface area (Å²) in [6.07, 6.45) is 0.486. The fraction of sp³-hybridized carbons (Fsp3) is 0.500. The Bertz CT molecular complexity index is 536. The van der Waals surface area contributed by atoms with Crippen LogP contribution in [0.1, 0.15) is 19.8 Å². The largest absolute Gasteiger partial charge is 0.355 e. The van der Waals surface area contributed by atoms with Crippen LogP contribution < -0.4 is 15.5 Å². The summed E-state index contributed by atoms with van der Waals surface area (Å²) in [7, 11) is 1.85. The molecule has 120 valence electrons. The van der Waals surface area contributed by atoms with Crippen molar-refractivity contribution in [1.29, 1.82) is 0 Å². The maximum Gasteiger partial charge on any atom is 0.227 e. The first-order valence-corrected chi connectivity index (χ1v) is 8.56. The van der Waals surface area contributed by atoms with E-state index in [0.717, 1.165) is 16.3 Å². The molecule has 1 aromatic rings. The lowest BCUT2D eigenvalue weighted by atomic mass is 10.2. The van der Waals surface area contributed by atoms with E-state index in [-0.39, 0.29) is 30.7 Å². The van der Waals surface area contributed by atoms with Gasteiger partial charge >= 0.3 is 0 Å². The van der Waals surface area contributed by atoms with Gasteiger partial charge in [0.2, 0.25) is 11.8 Å². The molecule has 1 aromatic carbocycles. The molecule has 0 fully saturated rings. The van der Waals surface area contributed by atoms with Crippen LogP contribution in [-0.2, 0) is 9.59 Å². The van der Waals surface area contributed by atoms with Crippen molar-refractivity contribution >= 4 is 29.3 Å². The maximum absolute atomic E-state index is 12.4. The van der Waals surface area contributed by atoms with Gasteiger partial charge in [-0.2, -0.15) is 0 Å². The first-order valence-electron chi connectivity index (χ1n) is 7.58. The summed E-state index contributed by atoms with van der Waals surface area (Å²) in [6.45, 7) is 3.28. The van der Waals surface area contributed by atoms with Crippen molar-refractivity contribution in [1.82, 2.24) is 10.6 Å². The lowest BCUT2D eigenvalue weighted by Gasteiger charge is -2.29. The molecule has 22 heavy (non-hydrogen) atoms. The first-order chi connectivity index (χ1) is 10.6. The van der Waals surface area contributed by atoms with Crippen LogP contribution >= 0.6 is 11.8 Å². The number of hydrogen-bond donors (Lipinski definition) is 2. The number of anilines is 1. The number of likely N-dealkylation sites (N-methyl/N-ethyl adjacent to an activating group) is 1. The third kappa shape index (κ3) is 4.48. The van der Waals surface area contributed by atoms with Crippen LogP contribution in [0.3, 0.4) is 0 Å². The predicted octanol–water partition coefficient (Wildman–Crippen LogP) is 1.63. The quantitative estimate of drug-likeness (QED) is 0.836. The summed E-state index contributed by atoms with van der Waals surface area (Å²) >= 11 is 1.77. The second-order valence-electron chi connectivity index (χ2n) is 5.36. The van der Waals surface area contributed by atoms with E-state index >= 15 is 0 Å². The predicted molar refractivity (Wildman–Crippen MR) is 90.3 cm³/mol. The Kier molecular flexibility index (Phi) is 6.27. The normalized spacial score (nSPS) is 15.1. The van der Waals surface area contributed by atoms with E-state index in [0.29, 0.717) is 13.1 Å². The molecule has 2 rings (SSSR count). The van der Waals surface area contributed by atoms with E-state index in [1.807, 2.05) is 38.2 Å². The van der Waals surface area contributed by atoms with Crippen LogP contribution in [-0.4, -0.2) is 43.7 Å². The Labute approximate surface area is 135 Å². The summed E-state index contributed by atoms with van der Waals surface area (Å²) in [5, 5.41) is 5.89. The van der Waals surface area contributed by atoms with Gasteiger partial charge in [0.15, 0.2) is 0 Å². The third-order valence-corrected chi connectivity index (χ3v) is 4.74. The van der Waals surface area contributed by atoms with Gasteiger partial charge in [-0.25, -0.2) is 0 Å². The SMILES string of the molecule is CNC(C)CNC(=O)CCC(=O)N1CCSc2ccccc21. The summed E-state index contributed by atoms with van der Waals surface area (Å²) in [4.78, 5) is 27.1. The smallest absolute Gasteiger partial charge is 0.227 e. The van der Waals surface area contributed by atoms with E-state index < -0.39 is 0 Å². The zero-order valence-electron chi connectivity index (χ0n) is 13.1. The summed E-state index contributed by atoms with van der Waals surface area (Å²) in [5.74, 6) is 0.842. The highest BCUT2D eigenvalue weighted by Crippen LogP contribution is 2.34. The summed E-state index contributed by atoms with van der Waals surface area (Å²) in [5.41, 5.74) is 0.966. The Morgan fingerprint density at radius 3 is 2.86 bits per heavy atom. The molecule has 1 aliphatic rings. The molecule has 5 nitrogen and oxygen atoms in total. The molecule has 1 unspecified atom stereocenters. The van der Waals surface area contributed by atoms with Gasteiger partial charge in [0, 0.05) is 42.6 Å². The van der Waals surface area contributed by atoms with Crippen molar-refractivity contribution in [2.75, 3.05) is 30.8 Å². The third-order valence-electron chi connectivity index (χ3n) is 3.69. The molecule has 0 spiro atoms. The minimum absolute atomic E-state index is 0.0181. The van der Waals surface area contributed by atoms with Crippen LogP contribution in [0.2, 0.25) is 0 Å². The molecule has 1 heterocycles. The number of nitrogens with one attached hydrogen (secondary N) is 2. The van der Waals surface area contributed by atoms with Gasteiger partial charge in [-0.15, -0.1) is 11.8 Å². The van der Waals surface area contributed by atoms with Gasteiger partial charge in [-0.3, -0.25) is 9.59 Å². The zero-order chi connectivity index (χ0) is 15.9. The Balaban J connectivity index is 1.84. The fourth-order valence-corrected chi connectivity index (χ4v) is 3.24. The molecule has 6 heteroatoms. The monoisotopic (exact) mass is 321 g/mol. The van der Waals surface area contributed by atoms with Crippen molar-refractivity contribution in [2.45, 2.75) is 30.7 Å². The molecule has 0 aliphatic carbocycles. The average molecular weight is 321 g/mol. The maximum atomic E-state index is 12.4. The van der Waals surface area contributed by atoms with Crippen LogP contribution in [0.15, 0.2) is 29.2 Å². The van der Waals surface area contributed by atoms with Crippen LogP contribution in [0.5, 0.6) is 0 Å². The number of fused-ring (bicyclic) bond motifs is 1. The molecule has 0 aromatic heterocycles. The van der Waals surface area contributed by atoms with Gasteiger partial charge in [-0.05, 0) is 26.1 Å². The van der Waals surface area contributed by atoms with Crippen molar-refractivity contribution < 1.29 is 9.59 Å².